The summed E-state index contributed by atoms with van der Waals surface area (Å²) in [6.07, 6.45) is 0.324. The molecule has 0 aliphatic carbocycles. The maximum Gasteiger partial charge on any atom is 0.295 e. The maximum atomic E-state index is 14.5. The molecule has 3 amide bonds. The van der Waals surface area contributed by atoms with Crippen molar-refractivity contribution in [2.45, 2.75) is 114 Å². The Hall–Kier alpha value is -8.57. The van der Waals surface area contributed by atoms with Crippen LogP contribution in [0.25, 0.3) is 22.4 Å². The lowest BCUT2D eigenvalue weighted by Gasteiger charge is -2.37. The van der Waals surface area contributed by atoms with Gasteiger partial charge in [-0.1, -0.05) is 137 Å². The highest BCUT2D eigenvalue weighted by atomic mass is 32.2. The highest BCUT2D eigenvalue weighted by Gasteiger charge is 2.32. The van der Waals surface area contributed by atoms with Crippen LogP contribution in [-0.2, 0) is 26.1 Å². The van der Waals surface area contributed by atoms with Crippen molar-refractivity contribution in [3.8, 4) is 34.0 Å². The number of hydrogen-bond acceptors (Lipinski definition) is 16. The van der Waals surface area contributed by atoms with Crippen LogP contribution in [0, 0.1) is 10.8 Å². The molecule has 464 valence electrons. The van der Waals surface area contributed by atoms with Crippen LogP contribution in [0.4, 0.5) is 11.5 Å². The second-order valence-electron chi connectivity index (χ2n) is 20.9. The van der Waals surface area contributed by atoms with Crippen molar-refractivity contribution in [2.24, 2.45) is 5.41 Å². The number of amides is 3. The number of hydrogen-bond donors (Lipinski definition) is 11. The van der Waals surface area contributed by atoms with E-state index in [0.29, 0.717) is 57.6 Å². The van der Waals surface area contributed by atoms with Crippen molar-refractivity contribution in [3.63, 3.8) is 0 Å². The average molecular weight is 1210 g/mol. The third-order valence-corrected chi connectivity index (χ3v) is 15.0. The van der Waals surface area contributed by atoms with E-state index in [-0.39, 0.29) is 46.3 Å². The lowest BCUT2D eigenvalue weighted by atomic mass is 9.86. The molecule has 0 aliphatic heterocycles. The van der Waals surface area contributed by atoms with Gasteiger partial charge in [0.25, 0.3) is 16.0 Å². The minimum atomic E-state index is -4.20. The van der Waals surface area contributed by atoms with Gasteiger partial charge in [0.15, 0.2) is 0 Å². The number of pyridine rings is 2. The largest absolute Gasteiger partial charge is 0.508 e. The van der Waals surface area contributed by atoms with Gasteiger partial charge in [0.05, 0.1) is 30.1 Å². The number of nitrogens with zero attached hydrogens (tertiary/aromatic N) is 3. The Morgan fingerprint density at radius 2 is 1.38 bits per heavy atom. The lowest BCUT2D eigenvalue weighted by molar-refractivity contribution is -0.130. The first-order valence-electron chi connectivity index (χ1n) is 28.9. The van der Waals surface area contributed by atoms with Gasteiger partial charge >= 0.3 is 0 Å². The molecular weight excluding hydrogens is 1130 g/mol. The van der Waals surface area contributed by atoms with Crippen molar-refractivity contribution in [1.29, 1.82) is 5.41 Å². The zero-order chi connectivity index (χ0) is 63.4. The van der Waals surface area contributed by atoms with Crippen LogP contribution in [0.15, 0.2) is 175 Å². The topological polar surface area (TPSA) is 331 Å². The van der Waals surface area contributed by atoms with E-state index in [1.807, 2.05) is 125 Å². The first kappa shape index (κ1) is 69.2. The van der Waals surface area contributed by atoms with E-state index in [0.717, 1.165) is 39.8 Å². The molecule has 0 saturated heterocycles. The fourth-order valence-corrected chi connectivity index (χ4v) is 9.82. The van der Waals surface area contributed by atoms with Gasteiger partial charge in [-0.15, -0.1) is 0 Å². The zero-order valence-corrected chi connectivity index (χ0v) is 50.4. The van der Waals surface area contributed by atoms with Gasteiger partial charge in [0.2, 0.25) is 17.7 Å². The number of rotatable bonds is 30. The molecule has 2 unspecified atom stereocenters. The Kier molecular flexibility index (Phi) is 28.0. The number of nitrogen functional groups attached to an aromatic ring is 1. The first-order chi connectivity index (χ1) is 41.8. The molecule has 0 radical (unpaired) electrons. The summed E-state index contributed by atoms with van der Waals surface area (Å²) in [4.78, 5) is 52.2. The highest BCUT2D eigenvalue weighted by molar-refractivity contribution is 7.86. The number of aliphatic hydroxyl groups is 4. The molecule has 7 aromatic rings. The van der Waals surface area contributed by atoms with E-state index in [2.05, 4.69) is 44.0 Å². The molecule has 87 heavy (non-hydrogen) atoms. The number of nitrogens with one attached hydrogen (secondary N) is 4. The summed E-state index contributed by atoms with van der Waals surface area (Å²) in [7, 11) is -4.20. The molecule has 2 heterocycles. The number of carbonyl (C=O) groups excluding carboxylic acids is 3. The number of ether oxygens (including phenoxy) is 1. The molecule has 0 fully saturated rings. The number of aromatic nitrogens is 2. The number of aromatic hydroxyl groups is 1. The molecule has 2 aromatic heterocycles. The van der Waals surface area contributed by atoms with Crippen LogP contribution in [0.3, 0.4) is 0 Å². The molecule has 5 atom stereocenters. The molecule has 7 rings (SSSR count). The van der Waals surface area contributed by atoms with E-state index in [1.165, 1.54) is 36.5 Å². The van der Waals surface area contributed by atoms with Gasteiger partial charge in [-0.2, -0.15) is 8.42 Å². The van der Waals surface area contributed by atoms with Gasteiger partial charge in [-0.3, -0.25) is 18.9 Å². The number of benzene rings is 5. The number of nitrogens with two attached hydrogens (primary N) is 1. The zero-order valence-electron chi connectivity index (χ0n) is 49.6. The van der Waals surface area contributed by atoms with Gasteiger partial charge in [-0.05, 0) is 110 Å². The quantitative estimate of drug-likeness (QED) is 0.00871. The van der Waals surface area contributed by atoms with Crippen LogP contribution >= 0.6 is 0 Å². The molecule has 0 bridgehead atoms. The summed E-state index contributed by atoms with van der Waals surface area (Å²) in [5.74, 6) is -0.487. The van der Waals surface area contributed by atoms with Crippen molar-refractivity contribution in [2.75, 3.05) is 36.9 Å². The van der Waals surface area contributed by atoms with Gasteiger partial charge < -0.3 is 62.3 Å². The van der Waals surface area contributed by atoms with Gasteiger partial charge in [0.1, 0.15) is 34.8 Å². The summed E-state index contributed by atoms with van der Waals surface area (Å²) >= 11 is 0. The molecule has 21 heteroatoms. The maximum absolute atomic E-state index is 14.5. The third-order valence-electron chi connectivity index (χ3n) is 14.0. The summed E-state index contributed by atoms with van der Waals surface area (Å²) in [5, 5.41) is 65.7. The number of aliphatic hydroxyl groups excluding tert-OH is 4. The van der Waals surface area contributed by atoms with Crippen molar-refractivity contribution < 1.29 is 57.6 Å². The molecule has 5 aromatic carbocycles. The molecule has 20 nitrogen and oxygen atoms in total. The Bertz CT molecular complexity index is 3270. The number of carbonyl (C=O) groups is 3. The van der Waals surface area contributed by atoms with Crippen molar-refractivity contribution in [3.05, 3.63) is 187 Å². The van der Waals surface area contributed by atoms with Crippen LogP contribution in [-0.4, -0.2) is 129 Å². The molecule has 0 aliphatic rings. The molecule has 0 saturated carbocycles. The highest BCUT2D eigenvalue weighted by Crippen LogP contribution is 2.30. The van der Waals surface area contributed by atoms with Gasteiger partial charge in [0, 0.05) is 66.8 Å². The minimum absolute atomic E-state index is 0.119. The van der Waals surface area contributed by atoms with E-state index >= 15 is 0 Å². The first-order valence-corrected chi connectivity index (χ1v) is 30.4. The Morgan fingerprint density at radius 1 is 0.747 bits per heavy atom. The second-order valence-corrected chi connectivity index (χ2v) is 22.3. The van der Waals surface area contributed by atoms with Crippen LogP contribution in [0.1, 0.15) is 94.1 Å². The number of unbranched alkanes of at least 4 members (excludes halogenated alkanes) is 2. The SMILES string of the molecule is CC.CC(C)(CCCCOc1cc(-c2ccccc2)cc(-c2ccccc2)n1)C(=O)N[C@@H](Cc1ccc(O)cc1)N(CCCCC(NC(=O)c1ccc(N)nc1)C(=O)NC[C@@H](O)[C@H](O)C(O)CCO)c1ccccc1.N=Cc1ccccc1S(=O)(=O)O. The fraction of sp³-hybridized carbons (Fsp3) is 0.333. The van der Waals surface area contributed by atoms with Crippen LogP contribution in [0.5, 0.6) is 11.6 Å². The number of phenols is 1. The van der Waals surface area contributed by atoms with E-state index in [1.54, 1.807) is 18.2 Å². The second kappa shape index (κ2) is 35.2. The number of anilines is 2. The minimum Gasteiger partial charge on any atom is -0.508 e. The van der Waals surface area contributed by atoms with Crippen molar-refractivity contribution >= 4 is 45.6 Å². The van der Waals surface area contributed by atoms with Gasteiger partial charge in [-0.25, -0.2) is 9.97 Å². The summed E-state index contributed by atoms with van der Waals surface area (Å²) in [6, 6.07) is 48.3. The van der Waals surface area contributed by atoms with E-state index in [4.69, 9.17) is 30.5 Å². The molecule has 12 N–H and O–H groups in total. The van der Waals surface area contributed by atoms with Crippen molar-refractivity contribution in [1.82, 2.24) is 25.9 Å². The Balaban J connectivity index is 0.000000871. The normalized spacial score (nSPS) is 12.9. The summed E-state index contributed by atoms with van der Waals surface area (Å²) < 4.78 is 36.3. The van der Waals surface area contributed by atoms with Crippen LogP contribution < -0.4 is 31.3 Å². The molecule has 0 spiro atoms. The Morgan fingerprint density at radius 3 is 1.99 bits per heavy atom. The monoisotopic (exact) mass is 1210 g/mol. The average Bonchev–Trinajstić information content (AvgIpc) is 3.61. The van der Waals surface area contributed by atoms with E-state index in [9.17, 15) is 43.2 Å². The lowest BCUT2D eigenvalue weighted by Crippen LogP contribution is -2.53. The third kappa shape index (κ3) is 22.3. The van der Waals surface area contributed by atoms with Crippen LogP contribution in [0.2, 0.25) is 0 Å². The Labute approximate surface area is 509 Å². The molecular formula is C66H82N8O12S. The fourth-order valence-electron chi connectivity index (χ4n) is 9.14. The summed E-state index contributed by atoms with van der Waals surface area (Å²) in [5.41, 5.74) is 10.9. The number of para-hydroxylation sites is 1. The standard InChI is InChI=1S/C57H69N7O9.C7H7NO3S.C2H6/c1-57(2,30-13-15-33-73-52-36-43(40-16-6-3-7-17-40)35-47(61-52)41-18-8-4-9-19-41)56(72)63-51(34-39-23-26-45(66)27-24-39)64(44-20-10-5-11-21-44)31-14-12-22-46(62-54(70)42-25-28-50(58)59-37-42)55(71)60-38-49(68)53(69)48(67)29-32-65;8-5-6-3-1-2-4-7(6)12(9,10)11;1-2/h3-11,16-21,23-28,35-37,46,48-49,51,53,65-69H,12-15,22,29-34,38H2,1-2H3,(H2,58,59)(H,60,71)(H,62,70)(H,63,72);1-5,8H,(H,9,10,11);1-2H3/t46?,48?,49-,51-,53-;;/m1../s1. The predicted octanol–water partition coefficient (Wildman–Crippen LogP) is 8.37. The predicted molar refractivity (Wildman–Crippen MR) is 338 cm³/mol. The smallest absolute Gasteiger partial charge is 0.295 e. The van der Waals surface area contributed by atoms with E-state index < -0.39 is 71.0 Å². The summed E-state index contributed by atoms with van der Waals surface area (Å²) in [6.45, 7) is 7.86. The number of phenolic OH excluding ortho intramolecular Hbond substituents is 1.